The molecule has 1 aromatic rings. The maximum absolute atomic E-state index is 12.0. The zero-order valence-electron chi connectivity index (χ0n) is 11.0. The molecule has 0 radical (unpaired) electrons. The quantitative estimate of drug-likeness (QED) is 0.872. The molecular formula is C15H16N2O3. The normalized spacial score (nSPS) is 21.1. The first kappa shape index (κ1) is 14.1. The Bertz CT molecular complexity index is 545. The average Bonchev–Trinajstić information content (AvgIpc) is 2.95. The average molecular weight is 272 g/mol. The highest BCUT2D eigenvalue weighted by atomic mass is 16.4. The van der Waals surface area contributed by atoms with Gasteiger partial charge in [0, 0.05) is 6.54 Å². The third kappa shape index (κ3) is 3.15. The van der Waals surface area contributed by atoms with Crippen molar-refractivity contribution in [1.82, 2.24) is 5.32 Å². The minimum atomic E-state index is -0.888. The largest absolute Gasteiger partial charge is 0.481 e. The molecule has 0 saturated heterocycles. The molecule has 104 valence electrons. The van der Waals surface area contributed by atoms with Crippen LogP contribution in [0.5, 0.6) is 0 Å². The van der Waals surface area contributed by atoms with Crippen molar-refractivity contribution in [3.63, 3.8) is 0 Å². The first-order valence-electron chi connectivity index (χ1n) is 6.61. The number of nitrogens with zero attached hydrogens (tertiary/aromatic N) is 1. The van der Waals surface area contributed by atoms with Crippen molar-refractivity contribution in [3.05, 3.63) is 35.4 Å². The fourth-order valence-corrected chi connectivity index (χ4v) is 2.59. The highest BCUT2D eigenvalue weighted by Gasteiger charge is 2.37. The molecule has 0 heterocycles. The summed E-state index contributed by atoms with van der Waals surface area (Å²) in [6.45, 7) is 0.355. The number of hydrogen-bond donors (Lipinski definition) is 2. The number of carboxylic acids is 1. The van der Waals surface area contributed by atoms with Gasteiger partial charge in [-0.3, -0.25) is 9.59 Å². The van der Waals surface area contributed by atoms with Crippen LogP contribution in [0.2, 0.25) is 0 Å². The summed E-state index contributed by atoms with van der Waals surface area (Å²) in [6, 6.07) is 8.97. The maximum Gasteiger partial charge on any atom is 0.307 e. The highest BCUT2D eigenvalue weighted by Crippen LogP contribution is 2.32. The molecule has 1 aromatic carbocycles. The molecule has 0 unspecified atom stereocenters. The van der Waals surface area contributed by atoms with Crippen molar-refractivity contribution in [2.45, 2.75) is 25.8 Å². The Kier molecular flexibility index (Phi) is 4.36. The van der Waals surface area contributed by atoms with Crippen LogP contribution in [0.4, 0.5) is 0 Å². The molecule has 0 aromatic heterocycles. The van der Waals surface area contributed by atoms with Crippen LogP contribution >= 0.6 is 0 Å². The summed E-state index contributed by atoms with van der Waals surface area (Å²) in [5.41, 5.74) is 1.46. The Morgan fingerprint density at radius 3 is 2.50 bits per heavy atom. The maximum atomic E-state index is 12.0. The monoisotopic (exact) mass is 272 g/mol. The first-order chi connectivity index (χ1) is 9.61. The number of carbonyl (C=O) groups excluding carboxylic acids is 1. The molecule has 0 spiro atoms. The standard InChI is InChI=1S/C15H16N2O3/c16-8-10-4-6-11(7-5-10)9-17-14(18)12-2-1-3-13(12)15(19)20/h4-7,12-13H,1-3,9H2,(H,17,18)(H,19,20)/t12-,13+/m1/s1. The fraction of sp³-hybridized carbons (Fsp3) is 0.400. The van der Waals surface area contributed by atoms with Gasteiger partial charge in [0.15, 0.2) is 0 Å². The van der Waals surface area contributed by atoms with Crippen molar-refractivity contribution < 1.29 is 14.7 Å². The van der Waals surface area contributed by atoms with Crippen LogP contribution in [-0.2, 0) is 16.1 Å². The molecule has 2 atom stereocenters. The number of nitriles is 1. The smallest absolute Gasteiger partial charge is 0.307 e. The minimum absolute atomic E-state index is 0.195. The summed E-state index contributed by atoms with van der Waals surface area (Å²) >= 11 is 0. The molecule has 1 saturated carbocycles. The highest BCUT2D eigenvalue weighted by molar-refractivity contribution is 5.85. The number of amides is 1. The van der Waals surface area contributed by atoms with Crippen LogP contribution in [0.25, 0.3) is 0 Å². The van der Waals surface area contributed by atoms with Crippen LogP contribution in [0, 0.1) is 23.2 Å². The van der Waals surface area contributed by atoms with E-state index < -0.39 is 17.8 Å². The number of carboxylic acid groups (broad SMARTS) is 1. The van der Waals surface area contributed by atoms with E-state index in [1.54, 1.807) is 24.3 Å². The summed E-state index contributed by atoms with van der Waals surface area (Å²) in [4.78, 5) is 23.1. The van der Waals surface area contributed by atoms with E-state index in [0.29, 0.717) is 24.9 Å². The lowest BCUT2D eigenvalue weighted by Crippen LogP contribution is -2.34. The van der Waals surface area contributed by atoms with Gasteiger partial charge in [0.2, 0.25) is 5.91 Å². The molecule has 1 aliphatic rings. The Balaban J connectivity index is 1.91. The van der Waals surface area contributed by atoms with E-state index in [1.807, 2.05) is 6.07 Å². The van der Waals surface area contributed by atoms with Crippen LogP contribution in [0.3, 0.4) is 0 Å². The summed E-state index contributed by atoms with van der Waals surface area (Å²) in [5, 5.41) is 20.5. The number of hydrogen-bond acceptors (Lipinski definition) is 3. The number of benzene rings is 1. The predicted molar refractivity (Wildman–Crippen MR) is 71.5 cm³/mol. The van der Waals surface area contributed by atoms with Gasteiger partial charge in [-0.25, -0.2) is 0 Å². The van der Waals surface area contributed by atoms with E-state index in [0.717, 1.165) is 12.0 Å². The molecule has 2 rings (SSSR count). The second-order valence-corrected chi connectivity index (χ2v) is 5.01. The zero-order chi connectivity index (χ0) is 14.5. The summed E-state index contributed by atoms with van der Waals surface area (Å²) in [5.74, 6) is -2.07. The van der Waals surface area contributed by atoms with Gasteiger partial charge in [0.25, 0.3) is 0 Å². The molecule has 1 aliphatic carbocycles. The van der Waals surface area contributed by atoms with Gasteiger partial charge in [0.1, 0.15) is 0 Å². The summed E-state index contributed by atoms with van der Waals surface area (Å²) in [6.07, 6.45) is 1.99. The topological polar surface area (TPSA) is 90.2 Å². The van der Waals surface area contributed by atoms with E-state index >= 15 is 0 Å². The third-order valence-electron chi connectivity index (χ3n) is 3.72. The summed E-state index contributed by atoms with van der Waals surface area (Å²) in [7, 11) is 0. The molecule has 1 amide bonds. The zero-order valence-corrected chi connectivity index (χ0v) is 11.0. The number of carbonyl (C=O) groups is 2. The second kappa shape index (κ2) is 6.20. The summed E-state index contributed by atoms with van der Waals surface area (Å²) < 4.78 is 0. The second-order valence-electron chi connectivity index (χ2n) is 5.01. The fourth-order valence-electron chi connectivity index (χ4n) is 2.59. The van der Waals surface area contributed by atoms with Crippen LogP contribution in [-0.4, -0.2) is 17.0 Å². The SMILES string of the molecule is N#Cc1ccc(CNC(=O)[C@@H]2CCC[C@@H]2C(=O)O)cc1. The van der Waals surface area contributed by atoms with Crippen LogP contribution < -0.4 is 5.32 Å². The van der Waals surface area contributed by atoms with Crippen LogP contribution in [0.15, 0.2) is 24.3 Å². The van der Waals surface area contributed by atoms with E-state index in [2.05, 4.69) is 5.32 Å². The van der Waals surface area contributed by atoms with Crippen molar-refractivity contribution in [3.8, 4) is 6.07 Å². The van der Waals surface area contributed by atoms with Gasteiger partial charge < -0.3 is 10.4 Å². The lowest BCUT2D eigenvalue weighted by Gasteiger charge is -2.15. The Morgan fingerprint density at radius 2 is 1.90 bits per heavy atom. The van der Waals surface area contributed by atoms with E-state index in [4.69, 9.17) is 10.4 Å². The number of rotatable bonds is 4. The lowest BCUT2D eigenvalue weighted by molar-refractivity contribution is -0.146. The van der Waals surface area contributed by atoms with Gasteiger partial charge >= 0.3 is 5.97 Å². The van der Waals surface area contributed by atoms with Crippen molar-refractivity contribution >= 4 is 11.9 Å². The van der Waals surface area contributed by atoms with Gasteiger partial charge in [-0.2, -0.15) is 5.26 Å². The molecule has 2 N–H and O–H groups in total. The van der Waals surface area contributed by atoms with E-state index in [9.17, 15) is 9.59 Å². The van der Waals surface area contributed by atoms with Gasteiger partial charge in [-0.15, -0.1) is 0 Å². The van der Waals surface area contributed by atoms with Gasteiger partial charge in [-0.05, 0) is 30.5 Å². The molecule has 1 fully saturated rings. The number of nitrogens with one attached hydrogen (secondary N) is 1. The van der Waals surface area contributed by atoms with Crippen molar-refractivity contribution in [2.24, 2.45) is 11.8 Å². The Morgan fingerprint density at radius 1 is 1.25 bits per heavy atom. The lowest BCUT2D eigenvalue weighted by atomic mass is 9.95. The molecule has 5 heteroatoms. The van der Waals surface area contributed by atoms with Crippen LogP contribution in [0.1, 0.15) is 30.4 Å². The number of aliphatic carboxylic acids is 1. The van der Waals surface area contributed by atoms with Crippen molar-refractivity contribution in [1.29, 1.82) is 5.26 Å². The predicted octanol–water partition coefficient (Wildman–Crippen LogP) is 1.68. The molecule has 20 heavy (non-hydrogen) atoms. The van der Waals surface area contributed by atoms with E-state index in [1.165, 1.54) is 0 Å². The molecule has 5 nitrogen and oxygen atoms in total. The Labute approximate surface area is 117 Å². The molecule has 0 aliphatic heterocycles. The van der Waals surface area contributed by atoms with Gasteiger partial charge in [-0.1, -0.05) is 18.6 Å². The third-order valence-corrected chi connectivity index (χ3v) is 3.72. The van der Waals surface area contributed by atoms with Crippen molar-refractivity contribution in [2.75, 3.05) is 0 Å². The minimum Gasteiger partial charge on any atom is -0.481 e. The Hall–Kier alpha value is -2.35. The molecular weight excluding hydrogens is 256 g/mol. The first-order valence-corrected chi connectivity index (χ1v) is 6.61. The molecule has 0 bridgehead atoms. The van der Waals surface area contributed by atoms with E-state index in [-0.39, 0.29) is 5.91 Å². The van der Waals surface area contributed by atoms with Gasteiger partial charge in [0.05, 0.1) is 23.5 Å².